The van der Waals surface area contributed by atoms with Crippen LogP contribution in [0.1, 0.15) is 344 Å². The molecule has 3 N–H and O–H groups in total. The Morgan fingerprint density at radius 3 is 0.798 bits per heavy atom. The first kappa shape index (κ1) is 87.1. The maximum atomic E-state index is 13.0. The molecule has 17 nitrogen and oxygen atoms in total. The van der Waals surface area contributed by atoms with Gasteiger partial charge in [-0.05, 0) is 49.4 Å². The molecule has 0 saturated heterocycles. The highest BCUT2D eigenvalue weighted by molar-refractivity contribution is 7.47. The van der Waals surface area contributed by atoms with Crippen LogP contribution in [-0.2, 0) is 65.4 Å². The van der Waals surface area contributed by atoms with Crippen LogP contribution in [0, 0.1) is 23.7 Å². The molecular weight excluding hydrogens is 1170 g/mol. The molecule has 0 fully saturated rings. The molecule has 7 atom stereocenters. The highest BCUT2D eigenvalue weighted by Gasteiger charge is 2.30. The highest BCUT2D eigenvalue weighted by Crippen LogP contribution is 2.45. The second-order valence-corrected chi connectivity index (χ2v) is 29.6. The van der Waals surface area contributed by atoms with Crippen molar-refractivity contribution in [3.8, 4) is 0 Å². The maximum absolute atomic E-state index is 13.0. The lowest BCUT2D eigenvalue weighted by Crippen LogP contribution is -2.30. The number of hydrogen-bond donors (Lipinski definition) is 3. The van der Waals surface area contributed by atoms with Crippen molar-refractivity contribution in [3.63, 3.8) is 0 Å². The molecule has 0 aliphatic carbocycles. The molecule has 5 unspecified atom stereocenters. The average molecular weight is 1310 g/mol. The van der Waals surface area contributed by atoms with E-state index < -0.39 is 97.5 Å². The third-order valence-electron chi connectivity index (χ3n) is 16.8. The van der Waals surface area contributed by atoms with E-state index in [1.54, 1.807) is 0 Å². The third kappa shape index (κ3) is 62.0. The standard InChI is InChI=1S/C70H136O17P2/c1-9-62(7)48-40-32-23-17-15-13-11-12-14-16-18-26-36-44-52-69(74)86-65(56-80-67(72)50-42-34-25-20-19-24-33-41-49-63(8)10-2)58-84-88(76,77)82-54-64(71)55-83-89(78,79)85-59-66(87-70(75)53-45-37-29-28-31-39-47-61(5)6)57-81-68(73)51-43-35-27-21-22-30-38-46-60(3)4/h60-66,71H,9-59H2,1-8H3,(H,76,77)(H,78,79)/t62?,63?,64?,65-,66-/m1/s1. The number of phosphoric acid groups is 2. The van der Waals surface area contributed by atoms with Gasteiger partial charge in [0, 0.05) is 25.7 Å². The van der Waals surface area contributed by atoms with E-state index in [9.17, 15) is 43.2 Å². The SMILES string of the molecule is CCC(C)CCCCCCCCCCCCCCCCC(=O)O[C@H](COC(=O)CCCCCCCCCCC(C)CC)COP(=O)(O)OCC(O)COP(=O)(O)OC[C@@H](COC(=O)CCCCCCCCCC(C)C)OC(=O)CCCCCCCCC(C)C. The lowest BCUT2D eigenvalue weighted by atomic mass is 9.99. The van der Waals surface area contributed by atoms with E-state index in [4.69, 9.17) is 37.0 Å². The zero-order valence-electron chi connectivity index (χ0n) is 58.1. The van der Waals surface area contributed by atoms with Crippen molar-refractivity contribution in [2.24, 2.45) is 23.7 Å². The van der Waals surface area contributed by atoms with Crippen molar-refractivity contribution in [2.45, 2.75) is 363 Å². The first-order valence-corrected chi connectivity index (χ1v) is 39.3. The van der Waals surface area contributed by atoms with Crippen molar-refractivity contribution in [2.75, 3.05) is 39.6 Å². The number of carbonyl (C=O) groups is 4. The Kier molecular flexibility index (Phi) is 58.5. The number of rotatable bonds is 67. The van der Waals surface area contributed by atoms with Crippen molar-refractivity contribution in [3.05, 3.63) is 0 Å². The van der Waals surface area contributed by atoms with E-state index in [0.717, 1.165) is 108 Å². The van der Waals surface area contributed by atoms with Crippen LogP contribution in [0.3, 0.4) is 0 Å². The molecule has 0 aliphatic heterocycles. The van der Waals surface area contributed by atoms with Gasteiger partial charge in [0.05, 0.1) is 26.4 Å². The van der Waals surface area contributed by atoms with Crippen LogP contribution >= 0.6 is 15.6 Å². The smallest absolute Gasteiger partial charge is 0.462 e. The Bertz CT molecular complexity index is 1770. The molecule has 19 heteroatoms. The van der Waals surface area contributed by atoms with Gasteiger partial charge in [-0.2, -0.15) is 0 Å². The molecule has 0 bridgehead atoms. The summed E-state index contributed by atoms with van der Waals surface area (Å²) in [6.07, 6.45) is 41.9. The molecule has 0 spiro atoms. The first-order chi connectivity index (χ1) is 42.7. The summed E-state index contributed by atoms with van der Waals surface area (Å²) in [5.41, 5.74) is 0. The zero-order valence-corrected chi connectivity index (χ0v) is 59.8. The zero-order chi connectivity index (χ0) is 66.1. The summed E-state index contributed by atoms with van der Waals surface area (Å²) in [6.45, 7) is 14.1. The van der Waals surface area contributed by atoms with E-state index in [-0.39, 0.29) is 25.7 Å². The molecule has 0 heterocycles. The predicted molar refractivity (Wildman–Crippen MR) is 358 cm³/mol. The van der Waals surface area contributed by atoms with Gasteiger partial charge in [0.1, 0.15) is 19.3 Å². The summed E-state index contributed by atoms with van der Waals surface area (Å²) in [7, 11) is -9.90. The van der Waals surface area contributed by atoms with E-state index in [0.29, 0.717) is 37.5 Å². The topological polar surface area (TPSA) is 237 Å². The lowest BCUT2D eigenvalue weighted by Gasteiger charge is -2.21. The van der Waals surface area contributed by atoms with Crippen molar-refractivity contribution >= 4 is 39.5 Å². The maximum Gasteiger partial charge on any atom is 0.472 e. The van der Waals surface area contributed by atoms with Crippen molar-refractivity contribution < 1.29 is 80.2 Å². The monoisotopic (exact) mass is 1310 g/mol. The second-order valence-electron chi connectivity index (χ2n) is 26.7. The highest BCUT2D eigenvalue weighted by atomic mass is 31.2. The average Bonchev–Trinajstić information content (AvgIpc) is 3.53. The molecule has 0 saturated carbocycles. The summed E-state index contributed by atoms with van der Waals surface area (Å²) in [6, 6.07) is 0. The second kappa shape index (κ2) is 59.8. The summed E-state index contributed by atoms with van der Waals surface area (Å²) in [4.78, 5) is 72.5. The lowest BCUT2D eigenvalue weighted by molar-refractivity contribution is -0.161. The number of hydrogen-bond acceptors (Lipinski definition) is 15. The molecule has 0 aromatic carbocycles. The minimum atomic E-state index is -4.95. The molecule has 528 valence electrons. The van der Waals surface area contributed by atoms with Crippen molar-refractivity contribution in [1.82, 2.24) is 0 Å². The Balaban J connectivity index is 5.22. The van der Waals surface area contributed by atoms with Crippen LogP contribution in [0.25, 0.3) is 0 Å². The van der Waals surface area contributed by atoms with Gasteiger partial charge in [0.2, 0.25) is 0 Å². The van der Waals surface area contributed by atoms with Gasteiger partial charge < -0.3 is 33.8 Å². The van der Waals surface area contributed by atoms with Crippen LogP contribution in [0.4, 0.5) is 0 Å². The fourth-order valence-corrected chi connectivity index (χ4v) is 12.0. The number of ether oxygens (including phenoxy) is 4. The number of phosphoric ester groups is 2. The van der Waals surface area contributed by atoms with Crippen LogP contribution in [-0.4, -0.2) is 96.7 Å². The van der Waals surface area contributed by atoms with Gasteiger partial charge in [-0.1, -0.05) is 293 Å². The quantitative estimate of drug-likeness (QED) is 0.0222. The fraction of sp³-hybridized carbons (Fsp3) is 0.943. The molecule has 0 aromatic heterocycles. The van der Waals surface area contributed by atoms with E-state index in [2.05, 4.69) is 55.4 Å². The van der Waals surface area contributed by atoms with Gasteiger partial charge in [-0.15, -0.1) is 0 Å². The van der Waals surface area contributed by atoms with E-state index in [1.807, 2.05) is 0 Å². The van der Waals surface area contributed by atoms with Gasteiger partial charge >= 0.3 is 39.5 Å². The van der Waals surface area contributed by atoms with Crippen LogP contribution in [0.15, 0.2) is 0 Å². The normalized spacial score (nSPS) is 14.9. The van der Waals surface area contributed by atoms with E-state index in [1.165, 1.54) is 141 Å². The first-order valence-electron chi connectivity index (χ1n) is 36.3. The molecule has 0 amide bonds. The van der Waals surface area contributed by atoms with E-state index >= 15 is 0 Å². The summed E-state index contributed by atoms with van der Waals surface area (Å²) in [5.74, 6) is 0.863. The Morgan fingerprint density at radius 1 is 0.315 bits per heavy atom. The Hall–Kier alpha value is -1.94. The van der Waals surface area contributed by atoms with Gasteiger partial charge in [-0.25, -0.2) is 9.13 Å². The molecule has 0 aliphatic rings. The molecule has 0 aromatic rings. The van der Waals surface area contributed by atoms with Gasteiger partial charge in [-0.3, -0.25) is 37.3 Å². The summed E-state index contributed by atoms with van der Waals surface area (Å²) in [5, 5.41) is 10.6. The fourth-order valence-electron chi connectivity index (χ4n) is 10.4. The summed E-state index contributed by atoms with van der Waals surface area (Å²) >= 11 is 0. The van der Waals surface area contributed by atoms with Crippen molar-refractivity contribution in [1.29, 1.82) is 0 Å². The molecule has 89 heavy (non-hydrogen) atoms. The number of aliphatic hydroxyl groups is 1. The molecule has 0 rings (SSSR count). The van der Waals surface area contributed by atoms with Crippen LogP contribution < -0.4 is 0 Å². The minimum absolute atomic E-state index is 0.101. The number of carbonyl (C=O) groups excluding carboxylic acids is 4. The minimum Gasteiger partial charge on any atom is -0.462 e. The number of unbranched alkanes of at least 4 members (excludes halogenated alkanes) is 31. The van der Waals surface area contributed by atoms with Gasteiger partial charge in [0.15, 0.2) is 12.2 Å². The Morgan fingerprint density at radius 2 is 0.539 bits per heavy atom. The Labute approximate surface area is 543 Å². The van der Waals surface area contributed by atoms with Gasteiger partial charge in [0.25, 0.3) is 0 Å². The molecular formula is C70H136O17P2. The number of aliphatic hydroxyl groups excluding tert-OH is 1. The number of esters is 4. The summed E-state index contributed by atoms with van der Waals surface area (Å²) < 4.78 is 68.2. The predicted octanol–water partition coefficient (Wildman–Crippen LogP) is 19.7. The van der Waals surface area contributed by atoms with Crippen LogP contribution in [0.2, 0.25) is 0 Å². The largest absolute Gasteiger partial charge is 0.472 e. The third-order valence-corrected chi connectivity index (χ3v) is 18.7. The molecule has 0 radical (unpaired) electrons. The van der Waals surface area contributed by atoms with Crippen LogP contribution in [0.5, 0.6) is 0 Å².